The normalized spacial score (nSPS) is 11.6. The molecule has 0 fully saturated rings. The van der Waals surface area contributed by atoms with Gasteiger partial charge < -0.3 is 0 Å². The highest BCUT2D eigenvalue weighted by Gasteiger charge is 2.41. The van der Waals surface area contributed by atoms with Gasteiger partial charge in [0.15, 0.2) is 25.5 Å². The lowest BCUT2D eigenvalue weighted by Crippen LogP contribution is -2.74. The average molecular weight is 750 g/mol. The van der Waals surface area contributed by atoms with Gasteiger partial charge in [0.1, 0.15) is 0 Å². The Kier molecular flexibility index (Phi) is 8.71. The minimum Gasteiger partial charge on any atom is -0.208 e. The van der Waals surface area contributed by atoms with Crippen molar-refractivity contribution in [3.63, 3.8) is 0 Å². The number of hydrogen-bond acceptors (Lipinski definition) is 4. The molecule has 10 aromatic rings. The summed E-state index contributed by atoms with van der Waals surface area (Å²) in [6.07, 6.45) is 0. The summed E-state index contributed by atoms with van der Waals surface area (Å²) in [5.41, 5.74) is 5.31. The summed E-state index contributed by atoms with van der Waals surface area (Å²) < 4.78 is 2.46. The lowest BCUT2D eigenvalue weighted by molar-refractivity contribution is 1.07. The largest absolute Gasteiger partial charge is 0.208 e. The van der Waals surface area contributed by atoms with Gasteiger partial charge in [0.25, 0.3) is 0 Å². The Morgan fingerprint density at radius 3 is 1.07 bits per heavy atom. The minimum absolute atomic E-state index is 0.665. The van der Waals surface area contributed by atoms with Crippen molar-refractivity contribution in [3.8, 4) is 45.3 Å². The Morgan fingerprint density at radius 2 is 0.625 bits per heavy atom. The fraction of sp³-hybridized carbons (Fsp3) is 0. The SMILES string of the molecule is c1ccc(-c2nc(-c3ccccc3)nc(-c3ccc4c(c3)sc3cc(-c5ccc([Si](c6ccccc6)(c6ccccc6)c6ccccc6)cc5)ccc34)n2)cc1. The maximum absolute atomic E-state index is 4.98. The molecule has 56 heavy (non-hydrogen) atoms. The summed E-state index contributed by atoms with van der Waals surface area (Å²) in [4.78, 5) is 14.8. The second-order valence-corrected chi connectivity index (χ2v) is 18.9. The van der Waals surface area contributed by atoms with Crippen LogP contribution in [-0.4, -0.2) is 23.0 Å². The molecule has 0 radical (unpaired) electrons. The molecular weight excluding hydrogens is 715 g/mol. The second-order valence-electron chi connectivity index (χ2n) is 14.0. The molecule has 3 nitrogen and oxygen atoms in total. The van der Waals surface area contributed by atoms with Gasteiger partial charge in [0.2, 0.25) is 0 Å². The van der Waals surface area contributed by atoms with Crippen LogP contribution in [0.3, 0.4) is 0 Å². The lowest BCUT2D eigenvalue weighted by Gasteiger charge is -2.34. The molecule has 2 aromatic heterocycles. The van der Waals surface area contributed by atoms with E-state index in [2.05, 4.69) is 152 Å². The van der Waals surface area contributed by atoms with E-state index in [1.807, 2.05) is 72.0 Å². The zero-order valence-corrected chi connectivity index (χ0v) is 32.3. The van der Waals surface area contributed by atoms with Crippen LogP contribution in [0.15, 0.2) is 212 Å². The van der Waals surface area contributed by atoms with Crippen LogP contribution in [0.5, 0.6) is 0 Å². The van der Waals surface area contributed by atoms with E-state index in [0.717, 1.165) is 16.7 Å². The second kappa shape index (κ2) is 14.5. The number of aromatic nitrogens is 3. The zero-order chi connectivity index (χ0) is 37.3. The van der Waals surface area contributed by atoms with Crippen molar-refractivity contribution in [2.45, 2.75) is 0 Å². The molecule has 0 aliphatic rings. The van der Waals surface area contributed by atoms with E-state index in [0.29, 0.717) is 17.5 Å². The van der Waals surface area contributed by atoms with Gasteiger partial charge in [0.05, 0.1) is 0 Å². The van der Waals surface area contributed by atoms with Crippen LogP contribution >= 0.6 is 11.3 Å². The Balaban J connectivity index is 1.04. The predicted molar refractivity (Wildman–Crippen MR) is 238 cm³/mol. The summed E-state index contributed by atoms with van der Waals surface area (Å²) in [6, 6.07) is 76.4. The molecule has 0 amide bonds. The van der Waals surface area contributed by atoms with E-state index in [4.69, 9.17) is 15.0 Å². The fourth-order valence-electron chi connectivity index (χ4n) is 8.01. The molecule has 0 saturated heterocycles. The standard InChI is InChI=1S/C51H35N3SSi/c1-6-16-37(17-7-1)49-52-50(38-18-8-2-9-19-38)54-51(53-49)40-29-33-46-45-32-28-39(34-47(45)55-48(46)35-40)36-26-30-44(31-27-36)56(41-20-10-3-11-21-41,42-22-12-4-13-23-42)43-24-14-5-15-25-43/h1-35H. The quantitative estimate of drug-likeness (QED) is 0.115. The highest BCUT2D eigenvalue weighted by molar-refractivity contribution is 7.25. The lowest BCUT2D eigenvalue weighted by atomic mass is 10.0. The molecular formula is C51H35N3SSi. The highest BCUT2D eigenvalue weighted by Crippen LogP contribution is 2.38. The van der Waals surface area contributed by atoms with Crippen molar-refractivity contribution < 1.29 is 0 Å². The van der Waals surface area contributed by atoms with Gasteiger partial charge >= 0.3 is 0 Å². The topological polar surface area (TPSA) is 38.7 Å². The summed E-state index contributed by atoms with van der Waals surface area (Å²) >= 11 is 1.82. The van der Waals surface area contributed by atoms with Crippen LogP contribution in [0.1, 0.15) is 0 Å². The maximum Gasteiger partial charge on any atom is 0.179 e. The van der Waals surface area contributed by atoms with Crippen LogP contribution in [0.4, 0.5) is 0 Å². The van der Waals surface area contributed by atoms with Gasteiger partial charge in [-0.2, -0.15) is 0 Å². The molecule has 0 atom stereocenters. The predicted octanol–water partition coefficient (Wildman–Crippen LogP) is 10.3. The summed E-state index contributed by atoms with van der Waals surface area (Å²) in [5.74, 6) is 1.99. The van der Waals surface area contributed by atoms with Crippen molar-refractivity contribution in [2.24, 2.45) is 0 Å². The van der Waals surface area contributed by atoms with Crippen LogP contribution in [0.25, 0.3) is 65.5 Å². The number of rotatable bonds is 8. The Morgan fingerprint density at radius 1 is 0.286 bits per heavy atom. The molecule has 0 unspecified atom stereocenters. The number of nitrogens with zero attached hydrogens (tertiary/aromatic N) is 3. The first-order valence-corrected chi connectivity index (χ1v) is 21.7. The van der Waals surface area contributed by atoms with Gasteiger partial charge in [-0.3, -0.25) is 0 Å². The van der Waals surface area contributed by atoms with Crippen LogP contribution < -0.4 is 20.7 Å². The molecule has 0 spiro atoms. The molecule has 0 aliphatic carbocycles. The van der Waals surface area contributed by atoms with Gasteiger partial charge in [-0.05, 0) is 44.0 Å². The van der Waals surface area contributed by atoms with E-state index >= 15 is 0 Å². The number of hydrogen-bond donors (Lipinski definition) is 0. The van der Waals surface area contributed by atoms with E-state index in [9.17, 15) is 0 Å². The number of fused-ring (bicyclic) bond motifs is 3. The molecule has 10 rings (SSSR count). The number of thiophene rings is 1. The third-order valence-electron chi connectivity index (χ3n) is 10.7. The maximum atomic E-state index is 4.98. The molecule has 8 aromatic carbocycles. The Bertz CT molecular complexity index is 2780. The molecule has 0 saturated carbocycles. The van der Waals surface area contributed by atoms with Gasteiger partial charge in [-0.1, -0.05) is 200 Å². The summed E-state index contributed by atoms with van der Waals surface area (Å²) in [6.45, 7) is 0. The van der Waals surface area contributed by atoms with Crippen molar-refractivity contribution in [2.75, 3.05) is 0 Å². The van der Waals surface area contributed by atoms with Crippen LogP contribution in [0.2, 0.25) is 0 Å². The third-order valence-corrected chi connectivity index (χ3v) is 16.6. The van der Waals surface area contributed by atoms with Gasteiger partial charge in [0, 0.05) is 36.9 Å². The summed E-state index contributed by atoms with van der Waals surface area (Å²) in [7, 11) is -2.58. The fourth-order valence-corrected chi connectivity index (χ4v) is 13.9. The summed E-state index contributed by atoms with van der Waals surface area (Å²) in [5, 5.41) is 7.99. The molecule has 0 bridgehead atoms. The third kappa shape index (κ3) is 6.04. The van der Waals surface area contributed by atoms with Crippen molar-refractivity contribution in [1.82, 2.24) is 15.0 Å². The van der Waals surface area contributed by atoms with E-state index in [1.165, 1.54) is 52.0 Å². The Labute approximate surface area is 331 Å². The zero-order valence-electron chi connectivity index (χ0n) is 30.5. The number of benzene rings is 8. The minimum atomic E-state index is -2.58. The van der Waals surface area contributed by atoms with E-state index in [1.54, 1.807) is 0 Å². The van der Waals surface area contributed by atoms with E-state index in [-0.39, 0.29) is 0 Å². The molecule has 0 N–H and O–H groups in total. The first-order valence-electron chi connectivity index (χ1n) is 18.9. The smallest absolute Gasteiger partial charge is 0.179 e. The van der Waals surface area contributed by atoms with E-state index < -0.39 is 8.07 Å². The monoisotopic (exact) mass is 749 g/mol. The first kappa shape index (κ1) is 33.8. The van der Waals surface area contributed by atoms with Crippen LogP contribution in [0, 0.1) is 0 Å². The van der Waals surface area contributed by atoms with Gasteiger partial charge in [-0.25, -0.2) is 15.0 Å². The van der Waals surface area contributed by atoms with Gasteiger partial charge in [-0.15, -0.1) is 11.3 Å². The first-order chi connectivity index (χ1) is 27.7. The Hall–Kier alpha value is -6.79. The van der Waals surface area contributed by atoms with Crippen molar-refractivity contribution in [3.05, 3.63) is 212 Å². The molecule has 2 heterocycles. The van der Waals surface area contributed by atoms with Crippen molar-refractivity contribution in [1.29, 1.82) is 0 Å². The molecule has 0 aliphatic heterocycles. The van der Waals surface area contributed by atoms with Crippen LogP contribution in [-0.2, 0) is 0 Å². The molecule has 264 valence electrons. The molecule has 5 heteroatoms. The average Bonchev–Trinajstić information content (AvgIpc) is 3.66. The van der Waals surface area contributed by atoms with Crippen molar-refractivity contribution >= 4 is 60.3 Å². The highest BCUT2D eigenvalue weighted by atomic mass is 32.1.